The summed E-state index contributed by atoms with van der Waals surface area (Å²) >= 11 is 0. The Balaban J connectivity index is 1.25. The highest BCUT2D eigenvalue weighted by Gasteiger charge is 2.25. The first-order chi connectivity index (χ1) is 17.7. The number of benzene rings is 3. The van der Waals surface area contributed by atoms with E-state index >= 15 is 0 Å². The zero-order valence-corrected chi connectivity index (χ0v) is 22.1. The molecule has 1 N–H and O–H groups in total. The van der Waals surface area contributed by atoms with Gasteiger partial charge < -0.3 is 14.4 Å². The largest absolute Gasteiger partial charge is 0.454 e. The highest BCUT2D eigenvalue weighted by atomic mass is 32.2. The van der Waals surface area contributed by atoms with Gasteiger partial charge in [-0.1, -0.05) is 24.3 Å². The number of carbonyl (C=O) groups is 1. The summed E-state index contributed by atoms with van der Waals surface area (Å²) in [5.74, 6) is 1.37. The van der Waals surface area contributed by atoms with E-state index in [2.05, 4.69) is 9.62 Å². The van der Waals surface area contributed by atoms with Crippen LogP contribution in [0.25, 0.3) is 0 Å². The molecule has 2 heterocycles. The summed E-state index contributed by atoms with van der Waals surface area (Å²) in [5.41, 5.74) is 4.50. The number of ether oxygens (including phenoxy) is 2. The van der Waals surface area contributed by atoms with E-state index in [-0.39, 0.29) is 17.6 Å². The second-order valence-electron chi connectivity index (χ2n) is 9.59. The second-order valence-corrected chi connectivity index (χ2v) is 11.2. The molecule has 0 spiro atoms. The van der Waals surface area contributed by atoms with Crippen molar-refractivity contribution in [3.8, 4) is 11.5 Å². The molecule has 3 aromatic carbocycles. The summed E-state index contributed by atoms with van der Waals surface area (Å²) in [6.07, 6.45) is 0. The molecule has 9 heteroatoms. The van der Waals surface area contributed by atoms with E-state index in [1.165, 1.54) is 6.07 Å². The number of anilines is 1. The highest BCUT2D eigenvalue weighted by Crippen LogP contribution is 2.33. The minimum absolute atomic E-state index is 0.112. The van der Waals surface area contributed by atoms with Crippen LogP contribution in [-0.2, 0) is 16.6 Å². The molecule has 0 bridgehead atoms. The Morgan fingerprint density at radius 1 is 0.892 bits per heavy atom. The summed E-state index contributed by atoms with van der Waals surface area (Å²) in [6.45, 7) is 9.16. The van der Waals surface area contributed by atoms with Crippen molar-refractivity contribution in [3.05, 3.63) is 82.4 Å². The van der Waals surface area contributed by atoms with Crippen molar-refractivity contribution in [1.82, 2.24) is 9.80 Å². The fraction of sp³-hybridized carbons (Fsp3) is 0.321. The molecule has 1 saturated heterocycles. The first kappa shape index (κ1) is 25.1. The van der Waals surface area contributed by atoms with E-state index in [4.69, 9.17) is 9.47 Å². The number of hydrogen-bond acceptors (Lipinski definition) is 6. The topological polar surface area (TPSA) is 88.2 Å². The average Bonchev–Trinajstić information content (AvgIpc) is 3.35. The SMILES string of the molecule is Cc1ccc(C(=O)N2CCN(Cc3ccc4c(c3)OCO4)CC2)cc1S(=O)(=O)Nc1cccc(C)c1C. The number of aryl methyl sites for hydroxylation is 2. The van der Waals surface area contributed by atoms with Crippen molar-refractivity contribution in [2.75, 3.05) is 37.7 Å². The molecule has 1 fully saturated rings. The fourth-order valence-corrected chi connectivity index (χ4v) is 6.07. The van der Waals surface area contributed by atoms with E-state index in [0.29, 0.717) is 29.9 Å². The van der Waals surface area contributed by atoms with Crippen LogP contribution in [0.4, 0.5) is 5.69 Å². The van der Waals surface area contributed by atoms with E-state index in [0.717, 1.165) is 47.8 Å². The molecule has 5 rings (SSSR count). The molecule has 0 unspecified atom stereocenters. The molecule has 2 aliphatic heterocycles. The first-order valence-corrected chi connectivity index (χ1v) is 13.8. The van der Waals surface area contributed by atoms with Gasteiger partial charge in [-0.15, -0.1) is 0 Å². The average molecular weight is 522 g/mol. The van der Waals surface area contributed by atoms with Gasteiger partial charge in [0.2, 0.25) is 6.79 Å². The molecule has 194 valence electrons. The van der Waals surface area contributed by atoms with Crippen molar-refractivity contribution in [3.63, 3.8) is 0 Å². The third-order valence-corrected chi connectivity index (χ3v) is 8.58. The summed E-state index contributed by atoms with van der Waals surface area (Å²) < 4.78 is 40.1. The van der Waals surface area contributed by atoms with Crippen LogP contribution in [0.5, 0.6) is 11.5 Å². The highest BCUT2D eigenvalue weighted by molar-refractivity contribution is 7.92. The maximum atomic E-state index is 13.3. The van der Waals surface area contributed by atoms with Crippen LogP contribution < -0.4 is 14.2 Å². The number of fused-ring (bicyclic) bond motifs is 1. The molecule has 37 heavy (non-hydrogen) atoms. The molecule has 3 aromatic rings. The van der Waals surface area contributed by atoms with Gasteiger partial charge in [-0.05, 0) is 73.4 Å². The van der Waals surface area contributed by atoms with Crippen LogP contribution in [0.1, 0.15) is 32.6 Å². The quantitative estimate of drug-likeness (QED) is 0.526. The van der Waals surface area contributed by atoms with Gasteiger partial charge in [0.25, 0.3) is 15.9 Å². The van der Waals surface area contributed by atoms with Crippen LogP contribution in [0.2, 0.25) is 0 Å². The number of hydrogen-bond donors (Lipinski definition) is 1. The lowest BCUT2D eigenvalue weighted by atomic mass is 10.1. The van der Waals surface area contributed by atoms with Crippen LogP contribution in [0.3, 0.4) is 0 Å². The van der Waals surface area contributed by atoms with Gasteiger partial charge in [0.1, 0.15) is 0 Å². The van der Waals surface area contributed by atoms with Crippen molar-refractivity contribution in [2.45, 2.75) is 32.2 Å². The van der Waals surface area contributed by atoms with Gasteiger partial charge in [0.05, 0.1) is 10.6 Å². The van der Waals surface area contributed by atoms with Crippen molar-refractivity contribution < 1.29 is 22.7 Å². The van der Waals surface area contributed by atoms with Crippen LogP contribution in [-0.4, -0.2) is 57.1 Å². The molecule has 0 saturated carbocycles. The number of sulfonamides is 1. The Kier molecular flexibility index (Phi) is 6.83. The first-order valence-electron chi connectivity index (χ1n) is 12.3. The number of amides is 1. The number of piperazine rings is 1. The number of carbonyl (C=O) groups excluding carboxylic acids is 1. The zero-order valence-electron chi connectivity index (χ0n) is 21.3. The lowest BCUT2D eigenvalue weighted by Crippen LogP contribution is -2.48. The standard InChI is InChI=1S/C28H31N3O5S/c1-19-5-4-6-24(21(19)3)29-37(33,34)27-16-23(9-7-20(27)2)28(32)31-13-11-30(12-14-31)17-22-8-10-25-26(15-22)36-18-35-25/h4-10,15-16,29H,11-14,17-18H2,1-3H3. The molecular formula is C28H31N3O5S. The molecule has 8 nitrogen and oxygen atoms in total. The van der Waals surface area contributed by atoms with Gasteiger partial charge in [0.15, 0.2) is 11.5 Å². The Labute approximate surface area is 217 Å². The molecule has 0 aliphatic carbocycles. The Bertz CT molecular complexity index is 1450. The number of nitrogens with zero attached hydrogens (tertiary/aromatic N) is 2. The minimum Gasteiger partial charge on any atom is -0.454 e. The van der Waals surface area contributed by atoms with Crippen molar-refractivity contribution >= 4 is 21.6 Å². The second kappa shape index (κ2) is 10.1. The van der Waals surface area contributed by atoms with E-state index in [1.807, 2.05) is 44.2 Å². The zero-order chi connectivity index (χ0) is 26.2. The monoisotopic (exact) mass is 521 g/mol. The molecule has 0 radical (unpaired) electrons. The fourth-order valence-electron chi connectivity index (χ4n) is 4.67. The third-order valence-electron chi connectivity index (χ3n) is 7.08. The maximum absolute atomic E-state index is 13.3. The lowest BCUT2D eigenvalue weighted by Gasteiger charge is -2.35. The van der Waals surface area contributed by atoms with E-state index < -0.39 is 10.0 Å². The summed E-state index contributed by atoms with van der Waals surface area (Å²) in [4.78, 5) is 17.5. The molecule has 2 aliphatic rings. The molecule has 0 aromatic heterocycles. The summed E-state index contributed by atoms with van der Waals surface area (Å²) in [6, 6.07) is 16.3. The Morgan fingerprint density at radius 2 is 1.65 bits per heavy atom. The predicted molar refractivity (Wildman–Crippen MR) is 142 cm³/mol. The Hall–Kier alpha value is -3.56. The van der Waals surface area contributed by atoms with Gasteiger partial charge in [-0.2, -0.15) is 0 Å². The van der Waals surface area contributed by atoms with Gasteiger partial charge in [-0.25, -0.2) is 8.42 Å². The molecule has 0 atom stereocenters. The predicted octanol–water partition coefficient (Wildman–Crippen LogP) is 4.10. The van der Waals surface area contributed by atoms with Gasteiger partial charge in [-0.3, -0.25) is 14.4 Å². The van der Waals surface area contributed by atoms with Crippen LogP contribution in [0, 0.1) is 20.8 Å². The number of rotatable bonds is 6. The summed E-state index contributed by atoms with van der Waals surface area (Å²) in [7, 11) is -3.87. The number of nitrogens with one attached hydrogen (secondary N) is 1. The maximum Gasteiger partial charge on any atom is 0.262 e. The van der Waals surface area contributed by atoms with E-state index in [9.17, 15) is 13.2 Å². The minimum atomic E-state index is -3.87. The molecule has 1 amide bonds. The smallest absolute Gasteiger partial charge is 0.262 e. The van der Waals surface area contributed by atoms with Crippen molar-refractivity contribution in [2.24, 2.45) is 0 Å². The normalized spacial score (nSPS) is 15.6. The van der Waals surface area contributed by atoms with Gasteiger partial charge >= 0.3 is 0 Å². The summed E-state index contributed by atoms with van der Waals surface area (Å²) in [5, 5.41) is 0. The van der Waals surface area contributed by atoms with Crippen LogP contribution >= 0.6 is 0 Å². The van der Waals surface area contributed by atoms with Crippen molar-refractivity contribution in [1.29, 1.82) is 0 Å². The lowest BCUT2D eigenvalue weighted by molar-refractivity contribution is 0.0628. The molecular weight excluding hydrogens is 490 g/mol. The van der Waals surface area contributed by atoms with E-state index in [1.54, 1.807) is 30.0 Å². The van der Waals surface area contributed by atoms with Crippen LogP contribution in [0.15, 0.2) is 59.5 Å². The third kappa shape index (κ3) is 5.28. The Morgan fingerprint density at radius 3 is 2.43 bits per heavy atom. The van der Waals surface area contributed by atoms with Gasteiger partial charge in [0, 0.05) is 38.3 Å².